The van der Waals surface area contributed by atoms with Gasteiger partial charge in [-0.15, -0.1) is 6.58 Å². The predicted molar refractivity (Wildman–Crippen MR) is 162 cm³/mol. The van der Waals surface area contributed by atoms with E-state index in [0.717, 1.165) is 10.9 Å². The molecule has 0 amide bonds. The highest BCUT2D eigenvalue weighted by Crippen LogP contribution is 2.35. The van der Waals surface area contributed by atoms with Gasteiger partial charge in [0.25, 0.3) is 5.56 Å². The molecule has 9 nitrogen and oxygen atoms in total. The second-order valence-corrected chi connectivity index (χ2v) is 9.41. The summed E-state index contributed by atoms with van der Waals surface area (Å²) in [6, 6.07) is 20.1. The van der Waals surface area contributed by atoms with Crippen LogP contribution >= 0.6 is 0 Å². The highest BCUT2D eigenvalue weighted by molar-refractivity contribution is 5.85. The zero-order chi connectivity index (χ0) is 29.6. The summed E-state index contributed by atoms with van der Waals surface area (Å²) in [4.78, 5) is 30.7. The van der Waals surface area contributed by atoms with Crippen molar-refractivity contribution in [3.63, 3.8) is 0 Å². The van der Waals surface area contributed by atoms with Crippen LogP contribution in [0.3, 0.4) is 0 Å². The van der Waals surface area contributed by atoms with Crippen molar-refractivity contribution in [1.29, 1.82) is 0 Å². The van der Waals surface area contributed by atoms with E-state index in [4.69, 9.17) is 23.6 Å². The Morgan fingerprint density at radius 1 is 1.10 bits per heavy atom. The SMILES string of the molecule is C=CCc1cc(C=Nn2c(-c3cc4ccccc4o3)nc3ccccc3c2=O)cc(OCC)c1O[C@H](C)C(=O)OCC. The lowest BCUT2D eigenvalue weighted by atomic mass is 10.1. The molecule has 0 fully saturated rings. The number of rotatable bonds is 11. The lowest BCUT2D eigenvalue weighted by Gasteiger charge is -2.20. The Morgan fingerprint density at radius 2 is 1.88 bits per heavy atom. The summed E-state index contributed by atoms with van der Waals surface area (Å²) in [6.07, 6.45) is 2.87. The van der Waals surface area contributed by atoms with Gasteiger partial charge in [0.1, 0.15) is 5.58 Å². The summed E-state index contributed by atoms with van der Waals surface area (Å²) in [5, 5.41) is 5.89. The van der Waals surface area contributed by atoms with Crippen LogP contribution < -0.4 is 15.0 Å². The molecule has 1 atom stereocenters. The Labute approximate surface area is 242 Å². The second kappa shape index (κ2) is 12.6. The second-order valence-electron chi connectivity index (χ2n) is 9.41. The molecular formula is C33H31N3O6. The molecule has 5 aromatic rings. The van der Waals surface area contributed by atoms with Gasteiger partial charge in [-0.2, -0.15) is 9.78 Å². The first-order valence-corrected chi connectivity index (χ1v) is 13.7. The van der Waals surface area contributed by atoms with E-state index in [-0.39, 0.29) is 18.0 Å². The molecule has 0 aliphatic carbocycles. The summed E-state index contributed by atoms with van der Waals surface area (Å²) in [5.74, 6) is 1.05. The van der Waals surface area contributed by atoms with Gasteiger partial charge in [-0.1, -0.05) is 36.4 Å². The van der Waals surface area contributed by atoms with Crippen LogP contribution in [0.15, 0.2) is 93.7 Å². The fourth-order valence-electron chi connectivity index (χ4n) is 4.55. The number of esters is 1. The number of hydrogen-bond acceptors (Lipinski definition) is 8. The maximum Gasteiger partial charge on any atom is 0.347 e. The third kappa shape index (κ3) is 5.81. The van der Waals surface area contributed by atoms with Crippen LogP contribution in [0.25, 0.3) is 33.5 Å². The first-order chi connectivity index (χ1) is 20.4. The van der Waals surface area contributed by atoms with Gasteiger partial charge in [0.15, 0.2) is 23.4 Å². The minimum atomic E-state index is -0.846. The maximum absolute atomic E-state index is 13.7. The molecule has 42 heavy (non-hydrogen) atoms. The fraction of sp³-hybridized carbons (Fsp3) is 0.212. The number of allylic oxidation sites excluding steroid dienone is 1. The molecule has 3 aromatic carbocycles. The average molecular weight is 566 g/mol. The van der Waals surface area contributed by atoms with Crippen molar-refractivity contribution in [2.75, 3.05) is 13.2 Å². The van der Waals surface area contributed by atoms with Crippen LogP contribution in [0.4, 0.5) is 0 Å². The molecule has 5 rings (SSSR count). The molecule has 0 radical (unpaired) electrons. The Balaban J connectivity index is 1.62. The molecule has 0 N–H and O–H groups in total. The van der Waals surface area contributed by atoms with Gasteiger partial charge in [-0.3, -0.25) is 4.79 Å². The summed E-state index contributed by atoms with van der Waals surface area (Å²) >= 11 is 0. The number of ether oxygens (including phenoxy) is 3. The minimum absolute atomic E-state index is 0.249. The topological polar surface area (TPSA) is 105 Å². The molecule has 2 aromatic heterocycles. The number of hydrogen-bond donors (Lipinski definition) is 0. The van der Waals surface area contributed by atoms with Gasteiger partial charge in [-0.05, 0) is 69.2 Å². The molecular weight excluding hydrogens is 534 g/mol. The third-order valence-corrected chi connectivity index (χ3v) is 6.45. The molecule has 0 saturated heterocycles. The van der Waals surface area contributed by atoms with Crippen LogP contribution in [0.5, 0.6) is 11.5 Å². The first kappa shape index (κ1) is 28.4. The number of furan rings is 1. The van der Waals surface area contributed by atoms with Gasteiger partial charge in [0.2, 0.25) is 5.82 Å². The average Bonchev–Trinajstić information content (AvgIpc) is 3.43. The van der Waals surface area contributed by atoms with Crippen LogP contribution in [0.1, 0.15) is 31.9 Å². The van der Waals surface area contributed by atoms with E-state index in [1.54, 1.807) is 50.4 Å². The number of para-hydroxylation sites is 2. The largest absolute Gasteiger partial charge is 0.490 e. The van der Waals surface area contributed by atoms with E-state index >= 15 is 0 Å². The van der Waals surface area contributed by atoms with E-state index in [2.05, 4.69) is 11.7 Å². The van der Waals surface area contributed by atoms with Crippen LogP contribution in [0.2, 0.25) is 0 Å². The number of nitrogens with zero attached hydrogens (tertiary/aromatic N) is 3. The Hall–Kier alpha value is -5.18. The van der Waals surface area contributed by atoms with Gasteiger partial charge < -0.3 is 18.6 Å². The van der Waals surface area contributed by atoms with E-state index in [1.807, 2.05) is 49.4 Å². The zero-order valence-corrected chi connectivity index (χ0v) is 23.7. The van der Waals surface area contributed by atoms with Crippen LogP contribution in [0, 0.1) is 0 Å². The summed E-state index contributed by atoms with van der Waals surface area (Å²) in [7, 11) is 0. The van der Waals surface area contributed by atoms with E-state index in [9.17, 15) is 9.59 Å². The number of benzene rings is 3. The van der Waals surface area contributed by atoms with Gasteiger partial charge >= 0.3 is 5.97 Å². The molecule has 2 heterocycles. The Morgan fingerprint density at radius 3 is 2.64 bits per heavy atom. The van der Waals surface area contributed by atoms with Crippen molar-refractivity contribution in [1.82, 2.24) is 9.66 Å². The maximum atomic E-state index is 13.7. The molecule has 0 aliphatic heterocycles. The van der Waals surface area contributed by atoms with Crippen molar-refractivity contribution < 1.29 is 23.4 Å². The van der Waals surface area contributed by atoms with Crippen molar-refractivity contribution >= 4 is 34.1 Å². The lowest BCUT2D eigenvalue weighted by molar-refractivity contribution is -0.150. The van der Waals surface area contributed by atoms with Crippen molar-refractivity contribution in [2.24, 2.45) is 5.10 Å². The quantitative estimate of drug-likeness (QED) is 0.107. The number of aromatic nitrogens is 2. The highest BCUT2D eigenvalue weighted by Gasteiger charge is 2.22. The molecule has 0 spiro atoms. The van der Waals surface area contributed by atoms with Crippen molar-refractivity contribution in [2.45, 2.75) is 33.3 Å². The van der Waals surface area contributed by atoms with E-state index < -0.39 is 12.1 Å². The molecule has 9 heteroatoms. The lowest BCUT2D eigenvalue weighted by Crippen LogP contribution is -2.26. The van der Waals surface area contributed by atoms with Crippen molar-refractivity contribution in [3.05, 3.63) is 101 Å². The molecule has 0 bridgehead atoms. The third-order valence-electron chi connectivity index (χ3n) is 6.45. The van der Waals surface area contributed by atoms with Gasteiger partial charge in [0.05, 0.1) is 30.3 Å². The van der Waals surface area contributed by atoms with Crippen LogP contribution in [-0.2, 0) is 16.0 Å². The number of carbonyl (C=O) groups excluding carboxylic acids is 1. The summed E-state index contributed by atoms with van der Waals surface area (Å²) in [5.41, 5.74) is 2.24. The number of carbonyl (C=O) groups is 1. The molecule has 0 unspecified atom stereocenters. The first-order valence-electron chi connectivity index (χ1n) is 13.7. The smallest absolute Gasteiger partial charge is 0.347 e. The predicted octanol–water partition coefficient (Wildman–Crippen LogP) is 6.15. The fourth-order valence-corrected chi connectivity index (χ4v) is 4.55. The highest BCUT2D eigenvalue weighted by atomic mass is 16.6. The van der Waals surface area contributed by atoms with Crippen molar-refractivity contribution in [3.8, 4) is 23.1 Å². The molecule has 0 saturated carbocycles. The Bertz CT molecular complexity index is 1820. The zero-order valence-electron chi connectivity index (χ0n) is 23.7. The van der Waals surface area contributed by atoms with Crippen LogP contribution in [-0.4, -0.2) is 41.2 Å². The standard InChI is InChI=1S/C33H31N3O6/c1-5-12-24-17-22(18-28(39-6-2)30(24)41-21(4)33(38)40-7-3)20-34-36-31(29-19-23-13-8-11-16-27(23)42-29)35-26-15-10-9-14-25(26)32(36)37/h5,8-11,13-21H,1,6-7,12H2,2-4H3/t21-/m1/s1. The van der Waals surface area contributed by atoms with Gasteiger partial charge in [-0.25, -0.2) is 9.78 Å². The summed E-state index contributed by atoms with van der Waals surface area (Å²) in [6.45, 7) is 9.69. The normalized spacial score (nSPS) is 12.1. The molecule has 0 aliphatic rings. The van der Waals surface area contributed by atoms with E-state index in [0.29, 0.717) is 52.3 Å². The number of fused-ring (bicyclic) bond motifs is 2. The minimum Gasteiger partial charge on any atom is -0.490 e. The molecule has 214 valence electrons. The van der Waals surface area contributed by atoms with E-state index in [1.165, 1.54) is 4.68 Å². The Kier molecular flexibility index (Phi) is 8.47. The monoisotopic (exact) mass is 565 g/mol. The van der Waals surface area contributed by atoms with Gasteiger partial charge in [0, 0.05) is 10.9 Å². The summed E-state index contributed by atoms with van der Waals surface area (Å²) < 4.78 is 24.3.